The van der Waals surface area contributed by atoms with Gasteiger partial charge in [-0.3, -0.25) is 9.59 Å². The number of aromatic amines is 1. The van der Waals surface area contributed by atoms with Gasteiger partial charge in [-0.05, 0) is 26.2 Å². The van der Waals surface area contributed by atoms with Crippen LogP contribution >= 0.6 is 0 Å². The van der Waals surface area contributed by atoms with E-state index >= 15 is 0 Å². The molecule has 0 saturated carbocycles. The molecule has 0 radical (unpaired) electrons. The number of nitrogens with zero attached hydrogens (tertiary/aromatic N) is 1. The molecule has 2 rings (SSSR count). The number of H-pyrrole nitrogens is 1. The van der Waals surface area contributed by atoms with Gasteiger partial charge in [0.25, 0.3) is 5.56 Å². The van der Waals surface area contributed by atoms with Crippen LogP contribution in [-0.2, 0) is 20.7 Å². The van der Waals surface area contributed by atoms with Gasteiger partial charge in [-0.2, -0.15) is 0 Å². The summed E-state index contributed by atoms with van der Waals surface area (Å²) in [6.45, 7) is 2.80. The van der Waals surface area contributed by atoms with Gasteiger partial charge in [-0.1, -0.05) is 18.2 Å². The van der Waals surface area contributed by atoms with E-state index in [-0.39, 0.29) is 17.4 Å². The van der Waals surface area contributed by atoms with Crippen molar-refractivity contribution in [1.29, 1.82) is 0 Å². The third kappa shape index (κ3) is 4.63. The Labute approximate surface area is 135 Å². The first-order valence-electron chi connectivity index (χ1n) is 7.78. The quantitative estimate of drug-likeness (QED) is 0.613. The highest BCUT2D eigenvalue weighted by atomic mass is 16.5. The maximum absolute atomic E-state index is 12.0. The predicted molar refractivity (Wildman–Crippen MR) is 86.9 cm³/mol. The Hall–Kier alpha value is -2.21. The van der Waals surface area contributed by atoms with Gasteiger partial charge in [0, 0.05) is 25.5 Å². The van der Waals surface area contributed by atoms with Crippen molar-refractivity contribution < 1.29 is 14.3 Å². The van der Waals surface area contributed by atoms with Gasteiger partial charge in [0.05, 0.1) is 18.2 Å². The Morgan fingerprint density at radius 3 is 2.96 bits per heavy atom. The maximum atomic E-state index is 12.0. The SMILES string of the molecule is CCOC(=O)C1C=CC(c2nc(CCCOC)c[nH]c2=O)=CC1. The number of methoxy groups -OCH3 is 1. The monoisotopic (exact) mass is 318 g/mol. The molecule has 0 saturated heterocycles. The molecule has 0 aliphatic heterocycles. The molecule has 1 aliphatic carbocycles. The maximum Gasteiger partial charge on any atom is 0.313 e. The number of hydrogen-bond donors (Lipinski definition) is 1. The van der Waals surface area contributed by atoms with Crippen LogP contribution in [0.1, 0.15) is 31.2 Å². The summed E-state index contributed by atoms with van der Waals surface area (Å²) in [5.74, 6) is -0.531. The van der Waals surface area contributed by atoms with E-state index in [0.29, 0.717) is 25.3 Å². The Bertz CT molecular complexity index is 661. The molecule has 0 fully saturated rings. The van der Waals surface area contributed by atoms with E-state index in [4.69, 9.17) is 9.47 Å². The minimum atomic E-state index is -0.289. The molecule has 23 heavy (non-hydrogen) atoms. The zero-order valence-electron chi connectivity index (χ0n) is 13.5. The number of nitrogens with one attached hydrogen (secondary N) is 1. The molecule has 6 heteroatoms. The zero-order valence-corrected chi connectivity index (χ0v) is 13.5. The summed E-state index contributed by atoms with van der Waals surface area (Å²) in [4.78, 5) is 30.9. The highest BCUT2D eigenvalue weighted by molar-refractivity contribution is 5.80. The molecule has 1 N–H and O–H groups in total. The Kier molecular flexibility index (Phi) is 6.29. The summed E-state index contributed by atoms with van der Waals surface area (Å²) in [5.41, 5.74) is 1.71. The van der Waals surface area contributed by atoms with Crippen molar-refractivity contribution in [2.75, 3.05) is 20.3 Å². The van der Waals surface area contributed by atoms with Crippen LogP contribution in [0.25, 0.3) is 5.57 Å². The van der Waals surface area contributed by atoms with E-state index in [1.165, 1.54) is 0 Å². The lowest BCUT2D eigenvalue weighted by Gasteiger charge is -2.14. The lowest BCUT2D eigenvalue weighted by atomic mass is 9.95. The average Bonchev–Trinajstić information content (AvgIpc) is 2.57. The second-order valence-electron chi connectivity index (χ2n) is 5.28. The van der Waals surface area contributed by atoms with Crippen molar-refractivity contribution in [3.63, 3.8) is 0 Å². The Morgan fingerprint density at radius 1 is 1.48 bits per heavy atom. The zero-order chi connectivity index (χ0) is 16.7. The second-order valence-corrected chi connectivity index (χ2v) is 5.28. The number of esters is 1. The molecule has 0 amide bonds. The highest BCUT2D eigenvalue weighted by Crippen LogP contribution is 2.22. The van der Waals surface area contributed by atoms with Crippen LogP contribution in [0.4, 0.5) is 0 Å². The van der Waals surface area contributed by atoms with Crippen LogP contribution in [0.15, 0.2) is 29.2 Å². The van der Waals surface area contributed by atoms with Crippen LogP contribution < -0.4 is 5.56 Å². The van der Waals surface area contributed by atoms with Crippen molar-refractivity contribution in [3.8, 4) is 0 Å². The third-order valence-corrected chi connectivity index (χ3v) is 3.58. The number of carbonyl (C=O) groups excluding carboxylic acids is 1. The minimum Gasteiger partial charge on any atom is -0.466 e. The number of allylic oxidation sites excluding steroid dienone is 3. The van der Waals surface area contributed by atoms with Gasteiger partial charge >= 0.3 is 5.97 Å². The molecular weight excluding hydrogens is 296 g/mol. The van der Waals surface area contributed by atoms with Crippen LogP contribution in [0, 0.1) is 5.92 Å². The summed E-state index contributed by atoms with van der Waals surface area (Å²) in [7, 11) is 1.66. The van der Waals surface area contributed by atoms with Gasteiger partial charge in [0.2, 0.25) is 0 Å². The van der Waals surface area contributed by atoms with Crippen molar-refractivity contribution >= 4 is 11.5 Å². The van der Waals surface area contributed by atoms with Crippen LogP contribution in [0.3, 0.4) is 0 Å². The number of aromatic nitrogens is 2. The van der Waals surface area contributed by atoms with E-state index in [9.17, 15) is 9.59 Å². The van der Waals surface area contributed by atoms with Gasteiger partial charge in [-0.25, -0.2) is 4.98 Å². The summed E-state index contributed by atoms with van der Waals surface area (Å²) >= 11 is 0. The summed E-state index contributed by atoms with van der Waals surface area (Å²) in [5, 5.41) is 0. The van der Waals surface area contributed by atoms with Gasteiger partial charge < -0.3 is 14.5 Å². The fourth-order valence-corrected chi connectivity index (χ4v) is 2.39. The second kappa shape index (κ2) is 8.43. The van der Waals surface area contributed by atoms with Gasteiger partial charge in [-0.15, -0.1) is 0 Å². The fourth-order valence-electron chi connectivity index (χ4n) is 2.39. The largest absolute Gasteiger partial charge is 0.466 e. The molecule has 1 unspecified atom stereocenters. The summed E-state index contributed by atoms with van der Waals surface area (Å²) in [6.07, 6.45) is 9.12. The molecule has 1 aliphatic rings. The lowest BCUT2D eigenvalue weighted by Crippen LogP contribution is -2.19. The molecule has 0 bridgehead atoms. The standard InChI is InChI=1S/C17H22N2O4/c1-3-23-17(21)13-8-6-12(7-9-13)15-16(20)18-11-14(19-15)5-4-10-22-2/h6-8,11,13H,3-5,9-10H2,1-2H3,(H,18,20). The number of aryl methyl sites for hydroxylation is 1. The van der Waals surface area contributed by atoms with Crippen LogP contribution in [0.2, 0.25) is 0 Å². The normalized spacial score (nSPS) is 17.0. The fraction of sp³-hybridized carbons (Fsp3) is 0.471. The van der Waals surface area contributed by atoms with Gasteiger partial charge in [0.1, 0.15) is 5.69 Å². The molecule has 6 nitrogen and oxygen atoms in total. The van der Waals surface area contributed by atoms with Crippen molar-refractivity contribution in [2.45, 2.75) is 26.2 Å². The molecule has 0 aromatic carbocycles. The molecule has 0 spiro atoms. The van der Waals surface area contributed by atoms with E-state index < -0.39 is 0 Å². The van der Waals surface area contributed by atoms with Crippen LogP contribution in [0.5, 0.6) is 0 Å². The molecule has 1 aromatic heterocycles. The van der Waals surface area contributed by atoms with Crippen LogP contribution in [-0.4, -0.2) is 36.3 Å². The van der Waals surface area contributed by atoms with E-state index in [0.717, 1.165) is 24.1 Å². The topological polar surface area (TPSA) is 81.3 Å². The third-order valence-electron chi connectivity index (χ3n) is 3.58. The van der Waals surface area contributed by atoms with Crippen molar-refractivity contribution in [3.05, 3.63) is 46.2 Å². The highest BCUT2D eigenvalue weighted by Gasteiger charge is 2.20. The summed E-state index contributed by atoms with van der Waals surface area (Å²) < 4.78 is 10.0. The first-order chi connectivity index (χ1) is 11.2. The van der Waals surface area contributed by atoms with E-state index in [1.807, 2.05) is 6.08 Å². The lowest BCUT2D eigenvalue weighted by molar-refractivity contribution is -0.146. The smallest absolute Gasteiger partial charge is 0.313 e. The number of hydrogen-bond acceptors (Lipinski definition) is 5. The number of carbonyl (C=O) groups is 1. The predicted octanol–water partition coefficient (Wildman–Crippen LogP) is 1.87. The first kappa shape index (κ1) is 17.1. The minimum absolute atomic E-state index is 0.231. The van der Waals surface area contributed by atoms with Gasteiger partial charge in [0.15, 0.2) is 0 Å². The Morgan fingerprint density at radius 2 is 2.30 bits per heavy atom. The number of ether oxygens (including phenoxy) is 2. The molecule has 1 atom stereocenters. The number of rotatable bonds is 7. The van der Waals surface area contributed by atoms with E-state index in [2.05, 4.69) is 9.97 Å². The average molecular weight is 318 g/mol. The van der Waals surface area contributed by atoms with E-state index in [1.54, 1.807) is 32.4 Å². The first-order valence-corrected chi connectivity index (χ1v) is 7.78. The van der Waals surface area contributed by atoms with Crippen molar-refractivity contribution in [2.24, 2.45) is 5.92 Å². The molecule has 1 aromatic rings. The Balaban J connectivity index is 2.10. The van der Waals surface area contributed by atoms with Crippen molar-refractivity contribution in [1.82, 2.24) is 9.97 Å². The summed E-state index contributed by atoms with van der Waals surface area (Å²) in [6, 6.07) is 0. The molecule has 1 heterocycles. The molecule has 124 valence electrons. The molecular formula is C17H22N2O4.